The van der Waals surface area contributed by atoms with Crippen LogP contribution in [0.5, 0.6) is 5.06 Å². The first-order chi connectivity index (χ1) is 20.6. The van der Waals surface area contributed by atoms with Crippen LogP contribution in [0.15, 0.2) is 69.9 Å². The van der Waals surface area contributed by atoms with Crippen LogP contribution in [0.1, 0.15) is 22.0 Å². The molecule has 6 aromatic heterocycles. The molecule has 6 rings (SSSR count). The van der Waals surface area contributed by atoms with Crippen molar-refractivity contribution in [1.82, 2.24) is 30.4 Å². The molecule has 0 unspecified atom stereocenters. The van der Waals surface area contributed by atoms with E-state index in [0.717, 1.165) is 75.1 Å². The summed E-state index contributed by atoms with van der Waals surface area (Å²) in [7, 11) is 1.63. The van der Waals surface area contributed by atoms with Crippen LogP contribution in [0.2, 0.25) is 8.67 Å². The van der Waals surface area contributed by atoms with E-state index in [1.54, 1.807) is 30.7 Å². The normalized spacial score (nSPS) is 10.5. The van der Waals surface area contributed by atoms with Crippen LogP contribution in [0, 0.1) is 13.8 Å². The fourth-order valence-electron chi connectivity index (χ4n) is 3.57. The van der Waals surface area contributed by atoms with Gasteiger partial charge in [-0.05, 0) is 101 Å². The molecule has 43 heavy (non-hydrogen) atoms. The van der Waals surface area contributed by atoms with Gasteiger partial charge in [0.25, 0.3) is 0 Å². The lowest BCUT2D eigenvalue weighted by Crippen LogP contribution is -1.88. The number of H-pyrrole nitrogens is 2. The maximum Gasteiger partial charge on any atom is 0.174 e. The quantitative estimate of drug-likeness (QED) is 0.155. The van der Waals surface area contributed by atoms with E-state index in [4.69, 9.17) is 33.7 Å². The van der Waals surface area contributed by atoms with Crippen LogP contribution in [0.3, 0.4) is 0 Å². The van der Waals surface area contributed by atoms with Gasteiger partial charge in [0.15, 0.2) is 5.06 Å². The number of aromatic amines is 2. The second kappa shape index (κ2) is 15.8. The van der Waals surface area contributed by atoms with Gasteiger partial charge >= 0.3 is 0 Å². The highest BCUT2D eigenvalue weighted by atomic mass is 79.9. The molecule has 0 saturated heterocycles. The molecule has 0 spiro atoms. The number of methoxy groups -OCH3 is 1. The van der Waals surface area contributed by atoms with E-state index in [2.05, 4.69) is 74.4 Å². The highest BCUT2D eigenvalue weighted by molar-refractivity contribution is 9.10. The Kier molecular flexibility index (Phi) is 12.2. The van der Waals surface area contributed by atoms with Gasteiger partial charge in [0.05, 0.1) is 38.6 Å². The number of nitrogens with zero attached hydrogens (tertiary/aromatic N) is 4. The first-order valence-electron chi connectivity index (χ1n) is 12.7. The van der Waals surface area contributed by atoms with Crippen LogP contribution in [-0.2, 0) is 12.8 Å². The van der Waals surface area contributed by atoms with Gasteiger partial charge in [-0.2, -0.15) is 10.2 Å². The van der Waals surface area contributed by atoms with Crippen molar-refractivity contribution in [2.45, 2.75) is 26.7 Å². The highest BCUT2D eigenvalue weighted by Crippen LogP contribution is 2.28. The summed E-state index contributed by atoms with van der Waals surface area (Å²) in [4.78, 5) is 9.86. The summed E-state index contributed by atoms with van der Waals surface area (Å²) in [5.74, 6) is 0.483. The number of halogens is 4. The predicted octanol–water partition coefficient (Wildman–Crippen LogP) is 9.58. The van der Waals surface area contributed by atoms with Crippen molar-refractivity contribution in [1.29, 1.82) is 0 Å². The second-order valence-electron chi connectivity index (χ2n) is 9.04. The number of aromatic nitrogens is 6. The Labute approximate surface area is 284 Å². The first kappa shape index (κ1) is 33.2. The van der Waals surface area contributed by atoms with Crippen molar-refractivity contribution >= 4 is 83.6 Å². The average molecular weight is 784 g/mol. The van der Waals surface area contributed by atoms with E-state index >= 15 is 0 Å². The van der Waals surface area contributed by atoms with Gasteiger partial charge in [-0.1, -0.05) is 34.5 Å². The van der Waals surface area contributed by atoms with E-state index in [0.29, 0.717) is 5.82 Å². The number of nitrogen functional groups attached to an aromatic ring is 1. The Morgan fingerprint density at radius 1 is 0.814 bits per heavy atom. The number of anilines is 1. The zero-order valence-electron chi connectivity index (χ0n) is 23.3. The molecular weight excluding hydrogens is 757 g/mol. The van der Waals surface area contributed by atoms with Crippen LogP contribution in [-0.4, -0.2) is 37.5 Å². The van der Waals surface area contributed by atoms with E-state index in [1.807, 2.05) is 50.4 Å². The van der Waals surface area contributed by atoms with Crippen molar-refractivity contribution in [2.24, 2.45) is 0 Å². The van der Waals surface area contributed by atoms with Crippen LogP contribution < -0.4 is 10.5 Å². The largest absolute Gasteiger partial charge is 0.487 e. The number of thiophene rings is 2. The smallest absolute Gasteiger partial charge is 0.174 e. The van der Waals surface area contributed by atoms with Gasteiger partial charge < -0.3 is 10.5 Å². The molecule has 0 aliphatic carbocycles. The number of nitrogens with two attached hydrogens (primary N) is 1. The minimum Gasteiger partial charge on any atom is -0.487 e. The number of ether oxygens (including phenoxy) is 1. The number of hydrogen-bond donors (Lipinski definition) is 3. The van der Waals surface area contributed by atoms with Crippen LogP contribution in [0.4, 0.5) is 5.82 Å². The van der Waals surface area contributed by atoms with Crippen molar-refractivity contribution in [2.75, 3.05) is 12.8 Å². The summed E-state index contributed by atoms with van der Waals surface area (Å²) in [5, 5.41) is 15.0. The van der Waals surface area contributed by atoms with Gasteiger partial charge in [-0.25, -0.2) is 0 Å². The standard InChI is InChI=1S/C15H13BrClN3S.C9H9BrN4.C5H5ClOS/c1-9-13(16)6-10(8-18-9)14-7-11(19-20-14)2-3-12-4-5-15(17)21-12;1-5-7(10)2-6(4-12-5)8-3-9(11)14-13-8;1-7-5-3-2-4(6)8-5/h4-8H,2-3H2,1H3,(H,19,20);2-4H,1H3,(H3,11,13,14);2-3H,1H3. The van der Waals surface area contributed by atoms with Crippen molar-refractivity contribution in [3.8, 4) is 27.6 Å². The molecule has 0 amide bonds. The molecule has 8 nitrogen and oxygen atoms in total. The SMILES string of the molecule is COc1ccc(Cl)s1.Cc1ncc(-c2cc(CCc3ccc(Cl)s3)[nH]n2)cc1Br.Cc1ncc(-c2cc(N)n[nH]2)cc1Br. The fraction of sp³-hybridized carbons (Fsp3) is 0.172. The monoisotopic (exact) mass is 781 g/mol. The summed E-state index contributed by atoms with van der Waals surface area (Å²) < 4.78 is 8.45. The predicted molar refractivity (Wildman–Crippen MR) is 186 cm³/mol. The molecule has 0 saturated carbocycles. The van der Waals surface area contributed by atoms with Crippen molar-refractivity contribution in [3.63, 3.8) is 0 Å². The first-order valence-corrected chi connectivity index (χ1v) is 16.7. The molecule has 6 aromatic rings. The van der Waals surface area contributed by atoms with Crippen molar-refractivity contribution in [3.05, 3.63) is 101 Å². The number of aryl methyl sites for hydroxylation is 4. The molecule has 0 bridgehead atoms. The third-order valence-electron chi connectivity index (χ3n) is 5.90. The minimum absolute atomic E-state index is 0.483. The Bertz CT molecular complexity index is 1780. The summed E-state index contributed by atoms with van der Waals surface area (Å²) in [5.41, 5.74) is 12.3. The molecule has 6 heterocycles. The van der Waals surface area contributed by atoms with Gasteiger partial charge in [0, 0.05) is 49.1 Å². The molecular formula is C29H27Br2Cl2N7OS2. The van der Waals surface area contributed by atoms with Gasteiger partial charge in [0.1, 0.15) is 5.82 Å². The number of pyridine rings is 2. The van der Waals surface area contributed by atoms with Crippen LogP contribution in [0.25, 0.3) is 22.5 Å². The fourth-order valence-corrected chi connectivity index (χ4v) is 6.20. The lowest BCUT2D eigenvalue weighted by Gasteiger charge is -2.00. The van der Waals surface area contributed by atoms with Crippen molar-refractivity contribution < 1.29 is 4.74 Å². The van der Waals surface area contributed by atoms with Gasteiger partial charge in [-0.3, -0.25) is 20.2 Å². The molecule has 0 atom stereocenters. The van der Waals surface area contributed by atoms with Gasteiger partial charge in [0.2, 0.25) is 0 Å². The highest BCUT2D eigenvalue weighted by Gasteiger charge is 2.08. The van der Waals surface area contributed by atoms with E-state index in [-0.39, 0.29) is 0 Å². The number of rotatable bonds is 6. The molecule has 224 valence electrons. The van der Waals surface area contributed by atoms with Crippen LogP contribution >= 0.6 is 77.7 Å². The number of hydrogen-bond acceptors (Lipinski definition) is 8. The summed E-state index contributed by atoms with van der Waals surface area (Å²) in [6.07, 6.45) is 5.52. The molecule has 0 aromatic carbocycles. The Morgan fingerprint density at radius 3 is 2.00 bits per heavy atom. The minimum atomic E-state index is 0.483. The topological polar surface area (TPSA) is 118 Å². The Morgan fingerprint density at radius 2 is 1.47 bits per heavy atom. The van der Waals surface area contributed by atoms with E-state index in [1.165, 1.54) is 16.2 Å². The molecule has 0 fully saturated rings. The Hall–Kier alpha value is -2.74. The number of nitrogens with one attached hydrogen (secondary N) is 2. The average Bonchev–Trinajstić information content (AvgIpc) is 3.80. The molecule has 4 N–H and O–H groups in total. The summed E-state index contributed by atoms with van der Waals surface area (Å²) >= 11 is 21.5. The maximum atomic E-state index is 5.94. The lowest BCUT2D eigenvalue weighted by molar-refractivity contribution is 0.427. The zero-order valence-corrected chi connectivity index (χ0v) is 29.6. The molecule has 0 aliphatic rings. The molecule has 0 aliphatic heterocycles. The second-order valence-corrected chi connectivity index (χ2v) is 14.2. The summed E-state index contributed by atoms with van der Waals surface area (Å²) in [6.45, 7) is 3.91. The molecule has 14 heteroatoms. The maximum absolute atomic E-state index is 5.94. The third-order valence-corrected chi connectivity index (χ3v) is 9.99. The Balaban J connectivity index is 0.000000165. The lowest BCUT2D eigenvalue weighted by atomic mass is 10.1. The summed E-state index contributed by atoms with van der Waals surface area (Å²) in [6, 6.07) is 15.5. The van der Waals surface area contributed by atoms with E-state index in [9.17, 15) is 0 Å². The van der Waals surface area contributed by atoms with Gasteiger partial charge in [-0.15, -0.1) is 11.3 Å². The van der Waals surface area contributed by atoms with E-state index < -0.39 is 0 Å². The molecule has 0 radical (unpaired) electrons. The zero-order chi connectivity index (χ0) is 30.9. The third kappa shape index (κ3) is 9.88.